The van der Waals surface area contributed by atoms with Gasteiger partial charge in [0.05, 0.1) is 42.5 Å². The molecule has 2 aromatic heterocycles. The van der Waals surface area contributed by atoms with Gasteiger partial charge in [-0.05, 0) is 38.9 Å². The molecule has 35 heavy (non-hydrogen) atoms. The summed E-state index contributed by atoms with van der Waals surface area (Å²) in [5, 5.41) is 39.3. The number of carbonyl (C=O) groups is 1. The highest BCUT2D eigenvalue weighted by Crippen LogP contribution is 2.43. The van der Waals surface area contributed by atoms with Crippen LogP contribution >= 0.6 is 0 Å². The van der Waals surface area contributed by atoms with Crippen LogP contribution in [0.15, 0.2) is 30.6 Å². The average molecular weight is 491 g/mol. The van der Waals surface area contributed by atoms with Crippen LogP contribution in [0.1, 0.15) is 32.4 Å². The Balaban J connectivity index is 1.36. The Morgan fingerprint density at radius 1 is 1.26 bits per heavy atom. The van der Waals surface area contributed by atoms with Crippen LogP contribution in [0.3, 0.4) is 0 Å². The number of imidazole rings is 1. The summed E-state index contributed by atoms with van der Waals surface area (Å²) in [6, 6.07) is 4.18. The van der Waals surface area contributed by atoms with Gasteiger partial charge in [-0.15, -0.1) is 0 Å². The number of amides is 1. The summed E-state index contributed by atoms with van der Waals surface area (Å²) in [5.74, 6) is -2.76. The molecule has 192 valence electrons. The van der Waals surface area contributed by atoms with E-state index < -0.39 is 54.5 Å². The third-order valence-electron chi connectivity index (χ3n) is 7.52. The molecule has 0 spiro atoms. The van der Waals surface area contributed by atoms with Crippen molar-refractivity contribution in [3.63, 3.8) is 0 Å². The lowest BCUT2D eigenvalue weighted by molar-refractivity contribution is -0.450. The van der Waals surface area contributed by atoms with Gasteiger partial charge in [-0.1, -0.05) is 13.0 Å². The van der Waals surface area contributed by atoms with E-state index in [1.54, 1.807) is 13.2 Å². The molecule has 0 aromatic carbocycles. The zero-order valence-electron chi connectivity index (χ0n) is 20.1. The fourth-order valence-corrected chi connectivity index (χ4v) is 5.72. The van der Waals surface area contributed by atoms with Crippen molar-refractivity contribution in [2.75, 3.05) is 7.05 Å². The number of aliphatic hydroxyl groups is 3. The zero-order chi connectivity index (χ0) is 24.9. The molecule has 10 atom stereocenters. The van der Waals surface area contributed by atoms with Gasteiger partial charge in [0.2, 0.25) is 18.0 Å². The standard InChI is InChI=1S/C24H34N4O7/c1-4-14-19(30)18(25-3)21-22(20(14)31)34-23-24(32,35-21)15(9-12(2)33-23)27-17(29)10-13-11-28-8-6-5-7-16(28)26-13/h5-8,11-12,14-15,18-23,25,30-32H,4,9-10H2,1-3H3,(H,27,29)/t12-,14-,15-,18+,19+,20+,21-,22-,23+,24+/m1/s1. The van der Waals surface area contributed by atoms with E-state index in [9.17, 15) is 20.1 Å². The van der Waals surface area contributed by atoms with Crippen molar-refractivity contribution >= 4 is 11.6 Å². The Labute approximate surface area is 203 Å². The van der Waals surface area contributed by atoms with Crippen molar-refractivity contribution in [3.05, 3.63) is 36.3 Å². The van der Waals surface area contributed by atoms with Crippen molar-refractivity contribution in [3.8, 4) is 0 Å². The van der Waals surface area contributed by atoms with E-state index in [-0.39, 0.29) is 24.9 Å². The molecule has 11 nitrogen and oxygen atoms in total. The monoisotopic (exact) mass is 490 g/mol. The van der Waals surface area contributed by atoms with Gasteiger partial charge in [0.15, 0.2) is 0 Å². The number of nitrogens with one attached hydrogen (secondary N) is 2. The maximum atomic E-state index is 13.0. The molecule has 11 heteroatoms. The van der Waals surface area contributed by atoms with Crippen LogP contribution in [0.25, 0.3) is 5.65 Å². The molecule has 2 saturated heterocycles. The van der Waals surface area contributed by atoms with E-state index in [4.69, 9.17) is 14.2 Å². The minimum atomic E-state index is -2.00. The summed E-state index contributed by atoms with van der Waals surface area (Å²) in [5.41, 5.74) is 1.33. The SMILES string of the molecule is CC[C@@H]1[C@H](O)[C@H](NC)[C@H]2O[C@]3(O)[C@H](O[C@@H]2[C@H]1O)O[C@H](C)C[C@H]3NC(=O)Cc1cn2ccccc2n1. The molecule has 2 aromatic rings. The van der Waals surface area contributed by atoms with Crippen LogP contribution < -0.4 is 10.6 Å². The van der Waals surface area contributed by atoms with Gasteiger partial charge in [0.1, 0.15) is 17.9 Å². The van der Waals surface area contributed by atoms with Crippen LogP contribution in [0, 0.1) is 5.92 Å². The summed E-state index contributed by atoms with van der Waals surface area (Å²) in [7, 11) is 1.68. The van der Waals surface area contributed by atoms with E-state index >= 15 is 0 Å². The molecule has 1 saturated carbocycles. The van der Waals surface area contributed by atoms with E-state index in [1.807, 2.05) is 42.6 Å². The van der Waals surface area contributed by atoms with Crippen LogP contribution in [-0.2, 0) is 25.4 Å². The van der Waals surface area contributed by atoms with Gasteiger partial charge in [-0.3, -0.25) is 4.79 Å². The quantitative estimate of drug-likeness (QED) is 0.368. The second kappa shape index (κ2) is 9.40. The Morgan fingerprint density at radius 2 is 2.06 bits per heavy atom. The van der Waals surface area contributed by atoms with E-state index in [0.29, 0.717) is 12.1 Å². The summed E-state index contributed by atoms with van der Waals surface area (Å²) in [6.45, 7) is 3.71. The van der Waals surface area contributed by atoms with Crippen LogP contribution in [0.4, 0.5) is 0 Å². The number of hydrogen-bond acceptors (Lipinski definition) is 9. The predicted octanol–water partition coefficient (Wildman–Crippen LogP) is -0.681. The van der Waals surface area contributed by atoms with Crippen molar-refractivity contribution in [1.29, 1.82) is 0 Å². The molecule has 1 aliphatic carbocycles. The van der Waals surface area contributed by atoms with Gasteiger partial charge in [0.25, 0.3) is 0 Å². The molecule has 3 fully saturated rings. The van der Waals surface area contributed by atoms with E-state index in [2.05, 4.69) is 15.6 Å². The summed E-state index contributed by atoms with van der Waals surface area (Å²) in [4.78, 5) is 17.4. The fraction of sp³-hybridized carbons (Fsp3) is 0.667. The fourth-order valence-electron chi connectivity index (χ4n) is 5.72. The number of carbonyl (C=O) groups excluding carboxylic acids is 1. The molecule has 2 aliphatic heterocycles. The third-order valence-corrected chi connectivity index (χ3v) is 7.52. The highest BCUT2D eigenvalue weighted by Gasteiger charge is 2.63. The van der Waals surface area contributed by atoms with Gasteiger partial charge >= 0.3 is 0 Å². The lowest BCUT2D eigenvalue weighted by Gasteiger charge is -2.58. The van der Waals surface area contributed by atoms with Crippen LogP contribution in [-0.4, -0.2) is 92.3 Å². The smallest absolute Gasteiger partial charge is 0.239 e. The Kier molecular flexibility index (Phi) is 6.60. The van der Waals surface area contributed by atoms with Crippen molar-refractivity contribution in [2.24, 2.45) is 5.92 Å². The molecule has 0 bridgehead atoms. The number of nitrogens with zero attached hydrogens (tertiary/aromatic N) is 2. The number of likely N-dealkylation sites (N-methyl/N-ethyl adjacent to an activating group) is 1. The largest absolute Gasteiger partial charge is 0.391 e. The lowest BCUT2D eigenvalue weighted by Crippen LogP contribution is -2.77. The first-order valence-electron chi connectivity index (χ1n) is 12.2. The summed E-state index contributed by atoms with van der Waals surface area (Å²) >= 11 is 0. The molecule has 5 N–H and O–H groups in total. The van der Waals surface area contributed by atoms with Crippen LogP contribution in [0.2, 0.25) is 0 Å². The Hall–Kier alpha value is -2.12. The molecular formula is C24H34N4O7. The number of pyridine rings is 1. The van der Waals surface area contributed by atoms with Crippen LogP contribution in [0.5, 0.6) is 0 Å². The minimum absolute atomic E-state index is 0.0236. The first-order chi connectivity index (χ1) is 16.7. The molecule has 1 amide bonds. The molecular weight excluding hydrogens is 456 g/mol. The minimum Gasteiger partial charge on any atom is -0.391 e. The summed E-state index contributed by atoms with van der Waals surface area (Å²) in [6.07, 6.45) is -0.633. The van der Waals surface area contributed by atoms with Gasteiger partial charge in [-0.25, -0.2) is 4.98 Å². The summed E-state index contributed by atoms with van der Waals surface area (Å²) < 4.78 is 20.0. The van der Waals surface area contributed by atoms with Crippen molar-refractivity contribution < 1.29 is 34.3 Å². The second-order valence-corrected chi connectivity index (χ2v) is 9.81. The van der Waals surface area contributed by atoms with E-state index in [1.165, 1.54) is 0 Å². The highest BCUT2D eigenvalue weighted by atomic mass is 16.8. The normalized spacial score (nSPS) is 41.3. The average Bonchev–Trinajstić information content (AvgIpc) is 3.22. The molecule has 3 aliphatic rings. The zero-order valence-corrected chi connectivity index (χ0v) is 20.1. The van der Waals surface area contributed by atoms with Crippen molar-refractivity contribution in [2.45, 2.75) is 87.8 Å². The molecule has 5 rings (SSSR count). The first kappa shape index (κ1) is 24.6. The Bertz CT molecular complexity index is 1030. The number of hydrogen-bond donors (Lipinski definition) is 5. The molecule has 0 radical (unpaired) electrons. The molecule has 4 heterocycles. The number of fused-ring (bicyclic) bond motifs is 3. The van der Waals surface area contributed by atoms with Crippen molar-refractivity contribution in [1.82, 2.24) is 20.0 Å². The first-order valence-corrected chi connectivity index (χ1v) is 12.2. The number of aromatic nitrogens is 2. The third kappa shape index (κ3) is 4.25. The number of aliphatic hydroxyl groups excluding tert-OH is 2. The van der Waals surface area contributed by atoms with Gasteiger partial charge in [0, 0.05) is 18.3 Å². The van der Waals surface area contributed by atoms with Gasteiger partial charge < -0.3 is 44.6 Å². The van der Waals surface area contributed by atoms with Gasteiger partial charge in [-0.2, -0.15) is 0 Å². The highest BCUT2D eigenvalue weighted by molar-refractivity contribution is 5.78. The van der Waals surface area contributed by atoms with E-state index in [0.717, 1.165) is 5.65 Å². The number of rotatable bonds is 5. The predicted molar refractivity (Wildman–Crippen MR) is 123 cm³/mol. The maximum absolute atomic E-state index is 13.0. The molecule has 0 unspecified atom stereocenters. The lowest BCUT2D eigenvalue weighted by atomic mass is 9.74. The maximum Gasteiger partial charge on any atom is 0.239 e. The Morgan fingerprint density at radius 3 is 2.77 bits per heavy atom. The topological polar surface area (TPSA) is 147 Å². The number of ether oxygens (including phenoxy) is 3. The second-order valence-electron chi connectivity index (χ2n) is 9.81.